The van der Waals surface area contributed by atoms with E-state index in [0.29, 0.717) is 0 Å². The van der Waals surface area contributed by atoms with E-state index in [9.17, 15) is 0 Å². The Hall–Kier alpha value is -5.66. The zero-order valence-electron chi connectivity index (χ0n) is 44.5. The molecule has 67 heavy (non-hydrogen) atoms. The monoisotopic (exact) mass is 888 g/mol. The predicted octanol–water partition coefficient (Wildman–Crippen LogP) is 19.5. The maximum Gasteiger partial charge on any atom is 0.0462 e. The maximum absolute atomic E-state index is 2.38. The predicted molar refractivity (Wildman–Crippen MR) is 299 cm³/mol. The third-order valence-corrected chi connectivity index (χ3v) is 12.9. The van der Waals surface area contributed by atoms with Gasteiger partial charge in [0.25, 0.3) is 0 Å². The molecular weight excluding hydrogens is 807 g/mol. The number of hydrogen-bond acceptors (Lipinski definition) is 1. The lowest BCUT2D eigenvalue weighted by molar-refractivity contribution is 0.568. The molecule has 6 rings (SSSR count). The second kappa shape index (κ2) is 19.1. The first-order chi connectivity index (χ1) is 30.9. The van der Waals surface area contributed by atoms with Crippen LogP contribution in [-0.2, 0) is 32.5 Å². The zero-order valence-corrected chi connectivity index (χ0v) is 44.5. The molecule has 0 radical (unpaired) electrons. The molecule has 1 nitrogen and oxygen atoms in total. The Kier molecular flexibility index (Phi) is 14.5. The molecule has 0 spiro atoms. The summed E-state index contributed by atoms with van der Waals surface area (Å²) in [7, 11) is 0. The Balaban J connectivity index is 1.34. The Morgan fingerprint density at radius 1 is 0.224 bits per heavy atom. The minimum atomic E-state index is 0.0698. The second-order valence-corrected chi connectivity index (χ2v) is 25.1. The first-order valence-corrected chi connectivity index (χ1v) is 24.6. The van der Waals surface area contributed by atoms with Crippen LogP contribution in [0.15, 0.2) is 127 Å². The highest BCUT2D eigenvalue weighted by Gasteiger charge is 2.23. The van der Waals surface area contributed by atoms with Crippen LogP contribution in [0.3, 0.4) is 0 Å². The van der Waals surface area contributed by atoms with Crippen molar-refractivity contribution >= 4 is 53.5 Å². The lowest BCUT2D eigenvalue weighted by Gasteiger charge is -2.26. The van der Waals surface area contributed by atoms with Crippen molar-refractivity contribution < 1.29 is 0 Å². The molecule has 0 bridgehead atoms. The SMILES string of the molecule is CC(C)(C)c1cc(/C=C/c2ccc(N(c3ccc(/C=C/c4cc(C(C)(C)C)cc(C(C)(C)C)c4)cc3)c3ccc(/C=C/c4cc(C(C)(C)C)cc(C(C)(C)C)c4)cc3)cc2)cc(C(C)(C)C)c1. The minimum Gasteiger partial charge on any atom is -0.311 e. The lowest BCUT2D eigenvalue weighted by atomic mass is 9.79. The average molecular weight is 888 g/mol. The molecule has 0 aliphatic heterocycles. The smallest absolute Gasteiger partial charge is 0.0462 e. The summed E-state index contributed by atoms with van der Waals surface area (Å²) in [4.78, 5) is 2.36. The highest BCUT2D eigenvalue weighted by atomic mass is 15.1. The third kappa shape index (κ3) is 13.5. The number of nitrogens with zero attached hydrogens (tertiary/aromatic N) is 1. The average Bonchev–Trinajstić information content (AvgIpc) is 3.23. The summed E-state index contributed by atoms with van der Waals surface area (Å²) < 4.78 is 0. The first-order valence-electron chi connectivity index (χ1n) is 24.6. The normalized spacial score (nSPS) is 13.3. The van der Waals surface area contributed by atoms with Crippen molar-refractivity contribution in [2.75, 3.05) is 4.90 Å². The van der Waals surface area contributed by atoms with E-state index in [0.717, 1.165) is 17.1 Å². The van der Waals surface area contributed by atoms with Crippen LogP contribution in [0.2, 0.25) is 0 Å². The molecule has 0 atom stereocenters. The summed E-state index contributed by atoms with van der Waals surface area (Å²) in [6.45, 7) is 41.4. The van der Waals surface area contributed by atoms with E-state index in [-0.39, 0.29) is 32.5 Å². The fourth-order valence-electron chi connectivity index (χ4n) is 8.07. The van der Waals surface area contributed by atoms with Gasteiger partial charge in [-0.3, -0.25) is 0 Å². The quantitative estimate of drug-likeness (QED) is 0.131. The summed E-state index contributed by atoms with van der Waals surface area (Å²) in [5.74, 6) is 0. The van der Waals surface area contributed by atoms with Gasteiger partial charge in [0.1, 0.15) is 0 Å². The molecule has 350 valence electrons. The van der Waals surface area contributed by atoms with Gasteiger partial charge in [0.05, 0.1) is 0 Å². The molecule has 0 unspecified atom stereocenters. The highest BCUT2D eigenvalue weighted by molar-refractivity contribution is 5.81. The molecule has 6 aromatic carbocycles. The summed E-state index contributed by atoms with van der Waals surface area (Å²) >= 11 is 0. The number of rotatable bonds is 9. The van der Waals surface area contributed by atoms with Crippen LogP contribution in [0, 0.1) is 0 Å². The summed E-state index contributed by atoms with van der Waals surface area (Å²) in [6.07, 6.45) is 13.5. The fraction of sp³-hybridized carbons (Fsp3) is 0.364. The van der Waals surface area contributed by atoms with Crippen LogP contribution >= 0.6 is 0 Å². The number of hydrogen-bond donors (Lipinski definition) is 0. The van der Waals surface area contributed by atoms with E-state index in [1.165, 1.54) is 66.8 Å². The Bertz CT molecular complexity index is 2320. The van der Waals surface area contributed by atoms with Gasteiger partial charge in [0.15, 0.2) is 0 Å². The topological polar surface area (TPSA) is 3.24 Å². The molecule has 0 aromatic heterocycles. The largest absolute Gasteiger partial charge is 0.311 e. The minimum absolute atomic E-state index is 0.0698. The van der Waals surface area contributed by atoms with Crippen molar-refractivity contribution in [3.8, 4) is 0 Å². The Morgan fingerprint density at radius 2 is 0.388 bits per heavy atom. The van der Waals surface area contributed by atoms with E-state index < -0.39 is 0 Å². The van der Waals surface area contributed by atoms with E-state index in [1.54, 1.807) is 0 Å². The lowest BCUT2D eigenvalue weighted by Crippen LogP contribution is -2.16. The van der Waals surface area contributed by atoms with Crippen LogP contribution in [0.1, 0.15) is 191 Å². The van der Waals surface area contributed by atoms with Gasteiger partial charge in [-0.05, 0) is 136 Å². The van der Waals surface area contributed by atoms with E-state index >= 15 is 0 Å². The first kappa shape index (κ1) is 50.7. The van der Waals surface area contributed by atoms with Crippen molar-refractivity contribution in [3.63, 3.8) is 0 Å². The molecule has 0 aliphatic carbocycles. The summed E-state index contributed by atoms with van der Waals surface area (Å²) in [5.41, 5.74) is 19.1. The van der Waals surface area contributed by atoms with Gasteiger partial charge in [0, 0.05) is 17.1 Å². The molecule has 0 N–H and O–H groups in total. The molecule has 0 saturated carbocycles. The Morgan fingerprint density at radius 3 is 0.552 bits per heavy atom. The second-order valence-electron chi connectivity index (χ2n) is 25.1. The fourth-order valence-corrected chi connectivity index (χ4v) is 8.07. The van der Waals surface area contributed by atoms with Gasteiger partial charge in [-0.1, -0.05) is 252 Å². The van der Waals surface area contributed by atoms with Gasteiger partial charge < -0.3 is 4.90 Å². The van der Waals surface area contributed by atoms with Gasteiger partial charge >= 0.3 is 0 Å². The standard InChI is InChI=1S/C66H81N/c1-61(2,3)52-37-49(38-53(43-52)62(4,5)6)22-19-46-25-31-58(32-26-46)67(59-33-27-47(28-34-59)20-23-50-39-54(63(7,8)9)44-55(40-50)64(10,11)12)60-35-29-48(30-36-60)21-24-51-41-56(65(13,14)15)45-57(42-51)66(16,17)18/h19-45H,1-18H3/b22-19+,23-20+,24-21+. The van der Waals surface area contributed by atoms with Crippen LogP contribution in [0.4, 0.5) is 17.1 Å². The van der Waals surface area contributed by atoms with Gasteiger partial charge in [-0.2, -0.15) is 0 Å². The molecule has 0 aliphatic rings. The highest BCUT2D eigenvalue weighted by Crippen LogP contribution is 2.38. The number of benzene rings is 6. The van der Waals surface area contributed by atoms with E-state index in [4.69, 9.17) is 0 Å². The van der Waals surface area contributed by atoms with Crippen molar-refractivity contribution in [1.29, 1.82) is 0 Å². The van der Waals surface area contributed by atoms with E-state index in [2.05, 4.69) is 293 Å². The molecule has 0 saturated heterocycles. The van der Waals surface area contributed by atoms with Crippen LogP contribution < -0.4 is 4.90 Å². The third-order valence-electron chi connectivity index (χ3n) is 12.9. The number of anilines is 3. The van der Waals surface area contributed by atoms with Crippen LogP contribution in [0.25, 0.3) is 36.5 Å². The van der Waals surface area contributed by atoms with E-state index in [1.807, 2.05) is 0 Å². The maximum atomic E-state index is 2.38. The van der Waals surface area contributed by atoms with Gasteiger partial charge in [-0.25, -0.2) is 0 Å². The van der Waals surface area contributed by atoms with Crippen molar-refractivity contribution in [2.45, 2.75) is 157 Å². The van der Waals surface area contributed by atoms with Crippen molar-refractivity contribution in [3.05, 3.63) is 194 Å². The van der Waals surface area contributed by atoms with Gasteiger partial charge in [-0.15, -0.1) is 0 Å². The van der Waals surface area contributed by atoms with Crippen LogP contribution in [0.5, 0.6) is 0 Å². The molecule has 0 heterocycles. The molecular formula is C66H81N. The Labute approximate surface area is 407 Å². The van der Waals surface area contributed by atoms with Crippen molar-refractivity contribution in [2.24, 2.45) is 0 Å². The molecule has 6 aromatic rings. The molecule has 1 heteroatoms. The van der Waals surface area contributed by atoms with Crippen LogP contribution in [-0.4, -0.2) is 0 Å². The van der Waals surface area contributed by atoms with Crippen molar-refractivity contribution in [1.82, 2.24) is 0 Å². The zero-order chi connectivity index (χ0) is 49.3. The van der Waals surface area contributed by atoms with Gasteiger partial charge in [0.2, 0.25) is 0 Å². The summed E-state index contributed by atoms with van der Waals surface area (Å²) in [5, 5.41) is 0. The molecule has 0 fully saturated rings. The summed E-state index contributed by atoms with van der Waals surface area (Å²) in [6, 6.07) is 48.1. The molecule has 0 amide bonds.